The number of carbonyl (C=O) groups is 1. The molecule has 0 spiro atoms. The van der Waals surface area contributed by atoms with Crippen LogP contribution in [0.15, 0.2) is 48.2 Å². The van der Waals surface area contributed by atoms with E-state index in [2.05, 4.69) is 49.3 Å². The summed E-state index contributed by atoms with van der Waals surface area (Å²) in [6, 6.07) is 12.0. The Kier molecular flexibility index (Phi) is 7.50. The van der Waals surface area contributed by atoms with Crippen molar-refractivity contribution in [3.63, 3.8) is 0 Å². The number of benzene rings is 1. The van der Waals surface area contributed by atoms with Gasteiger partial charge in [0.25, 0.3) is 0 Å². The minimum absolute atomic E-state index is 0.0631. The van der Waals surface area contributed by atoms with E-state index in [0.29, 0.717) is 19.0 Å². The normalized spacial score (nSPS) is 18.9. The molecule has 5 heteroatoms. The van der Waals surface area contributed by atoms with E-state index in [-0.39, 0.29) is 12.1 Å². The number of amides is 2. The number of hydrogen-bond acceptors (Lipinski definition) is 3. The highest BCUT2D eigenvalue weighted by Gasteiger charge is 2.24. The maximum Gasteiger partial charge on any atom is 0.321 e. The van der Waals surface area contributed by atoms with Crippen molar-refractivity contribution in [3.8, 4) is 5.75 Å². The predicted octanol–water partition coefficient (Wildman–Crippen LogP) is 5.91. The first kappa shape index (κ1) is 21.9. The molecule has 2 unspecified atom stereocenters. The van der Waals surface area contributed by atoms with E-state index in [0.717, 1.165) is 42.0 Å². The van der Waals surface area contributed by atoms with Crippen LogP contribution in [-0.2, 0) is 0 Å². The van der Waals surface area contributed by atoms with Crippen molar-refractivity contribution in [2.24, 2.45) is 5.92 Å². The second-order valence-corrected chi connectivity index (χ2v) is 8.22. The van der Waals surface area contributed by atoms with Gasteiger partial charge in [0.15, 0.2) is 0 Å². The molecule has 1 aliphatic rings. The van der Waals surface area contributed by atoms with Gasteiger partial charge in [-0.15, -0.1) is 0 Å². The molecule has 1 saturated heterocycles. The summed E-state index contributed by atoms with van der Waals surface area (Å²) in [6.45, 7) is 9.82. The molecule has 0 radical (unpaired) electrons. The molecule has 2 atom stereocenters. The summed E-state index contributed by atoms with van der Waals surface area (Å²) in [5.74, 6) is 1.23. The van der Waals surface area contributed by atoms with Gasteiger partial charge in [0.05, 0.1) is 18.0 Å². The second kappa shape index (κ2) is 10.3. The van der Waals surface area contributed by atoms with Gasteiger partial charge in [-0.2, -0.15) is 0 Å². The van der Waals surface area contributed by atoms with Crippen molar-refractivity contribution in [3.05, 3.63) is 59.4 Å². The molecule has 1 N–H and O–H groups in total. The molecule has 1 aromatic carbocycles. The molecule has 0 aliphatic carbocycles. The van der Waals surface area contributed by atoms with E-state index in [4.69, 9.17) is 4.74 Å². The van der Waals surface area contributed by atoms with Gasteiger partial charge in [-0.1, -0.05) is 44.1 Å². The predicted molar refractivity (Wildman–Crippen MR) is 123 cm³/mol. The fourth-order valence-electron chi connectivity index (χ4n) is 3.78. The number of hydrogen-bond donors (Lipinski definition) is 1. The maximum atomic E-state index is 12.6. The Morgan fingerprint density at radius 2 is 2.20 bits per heavy atom. The van der Waals surface area contributed by atoms with Crippen LogP contribution in [0, 0.1) is 12.8 Å². The van der Waals surface area contributed by atoms with Crippen LogP contribution in [0.25, 0.3) is 6.08 Å². The van der Waals surface area contributed by atoms with Gasteiger partial charge >= 0.3 is 6.03 Å². The summed E-state index contributed by atoms with van der Waals surface area (Å²) in [6.07, 6.45) is 7.22. The minimum Gasteiger partial charge on any atom is -0.491 e. The molecule has 1 fully saturated rings. The number of nitrogens with one attached hydrogen (secondary N) is 1. The van der Waals surface area contributed by atoms with Crippen LogP contribution in [0.2, 0.25) is 0 Å². The van der Waals surface area contributed by atoms with Gasteiger partial charge in [-0.25, -0.2) is 4.79 Å². The molecule has 5 nitrogen and oxygen atoms in total. The Labute approximate surface area is 180 Å². The minimum atomic E-state index is -0.0631. The summed E-state index contributed by atoms with van der Waals surface area (Å²) in [5, 5.41) is 2.95. The first-order valence-corrected chi connectivity index (χ1v) is 10.9. The van der Waals surface area contributed by atoms with Crippen molar-refractivity contribution < 1.29 is 9.53 Å². The maximum absolute atomic E-state index is 12.6. The third kappa shape index (κ3) is 6.09. The zero-order valence-electron chi connectivity index (χ0n) is 18.5. The number of rotatable bonds is 6. The van der Waals surface area contributed by atoms with Crippen molar-refractivity contribution in [1.82, 2.24) is 9.88 Å². The van der Waals surface area contributed by atoms with E-state index in [9.17, 15) is 4.79 Å². The highest BCUT2D eigenvalue weighted by molar-refractivity contribution is 5.89. The quantitative estimate of drug-likeness (QED) is 0.647. The molecular formula is C25H33N3O2. The van der Waals surface area contributed by atoms with E-state index < -0.39 is 0 Å². The largest absolute Gasteiger partial charge is 0.491 e. The molecule has 2 aromatic rings. The summed E-state index contributed by atoms with van der Waals surface area (Å²) in [4.78, 5) is 18.7. The lowest BCUT2D eigenvalue weighted by Crippen LogP contribution is -2.42. The van der Waals surface area contributed by atoms with Crippen LogP contribution >= 0.6 is 0 Å². The van der Waals surface area contributed by atoms with Gasteiger partial charge in [0, 0.05) is 18.8 Å². The number of anilines is 1. The molecule has 2 amide bonds. The monoisotopic (exact) mass is 407 g/mol. The van der Waals surface area contributed by atoms with Crippen LogP contribution in [0.5, 0.6) is 5.75 Å². The number of aryl methyl sites for hydroxylation is 1. The number of carbonyl (C=O) groups excluding carboxylic acids is 1. The average molecular weight is 408 g/mol. The van der Waals surface area contributed by atoms with Gasteiger partial charge < -0.3 is 15.0 Å². The lowest BCUT2D eigenvalue weighted by Gasteiger charge is -2.33. The number of urea groups is 1. The van der Waals surface area contributed by atoms with Crippen molar-refractivity contribution in [1.29, 1.82) is 0 Å². The third-order valence-corrected chi connectivity index (χ3v) is 5.49. The van der Waals surface area contributed by atoms with Crippen LogP contribution in [0.4, 0.5) is 10.5 Å². The van der Waals surface area contributed by atoms with E-state index in [1.807, 2.05) is 36.1 Å². The van der Waals surface area contributed by atoms with Gasteiger partial charge in [-0.3, -0.25) is 4.98 Å². The van der Waals surface area contributed by atoms with Crippen LogP contribution in [0.1, 0.15) is 51.3 Å². The summed E-state index contributed by atoms with van der Waals surface area (Å²) in [7, 11) is 0. The molecule has 1 aliphatic heterocycles. The fraction of sp³-hybridized carbons (Fsp3) is 0.440. The number of ether oxygens (including phenoxy) is 1. The third-order valence-electron chi connectivity index (χ3n) is 5.49. The second-order valence-electron chi connectivity index (χ2n) is 8.22. The number of likely N-dealkylation sites (tertiary alicyclic amines) is 1. The number of aromatic nitrogens is 1. The van der Waals surface area contributed by atoms with Crippen LogP contribution in [-0.4, -0.2) is 35.1 Å². The topological polar surface area (TPSA) is 54.5 Å². The summed E-state index contributed by atoms with van der Waals surface area (Å²) < 4.78 is 6.03. The molecule has 0 bridgehead atoms. The molecule has 30 heavy (non-hydrogen) atoms. The van der Waals surface area contributed by atoms with Gasteiger partial charge in [0.1, 0.15) is 5.75 Å². The molecule has 160 valence electrons. The van der Waals surface area contributed by atoms with Crippen molar-refractivity contribution >= 4 is 17.8 Å². The van der Waals surface area contributed by atoms with Crippen LogP contribution in [0.3, 0.4) is 0 Å². The Bertz CT molecular complexity index is 876. The number of piperidine rings is 1. The van der Waals surface area contributed by atoms with Crippen LogP contribution < -0.4 is 10.1 Å². The molecule has 2 heterocycles. The van der Waals surface area contributed by atoms with E-state index >= 15 is 0 Å². The number of pyridine rings is 1. The fourth-order valence-corrected chi connectivity index (χ4v) is 3.78. The highest BCUT2D eigenvalue weighted by atomic mass is 16.5. The van der Waals surface area contributed by atoms with E-state index in [1.165, 1.54) is 5.57 Å². The molecule has 3 rings (SSSR count). The summed E-state index contributed by atoms with van der Waals surface area (Å²) in [5.41, 5.74) is 4.19. The Morgan fingerprint density at radius 1 is 1.37 bits per heavy atom. The first-order chi connectivity index (χ1) is 14.4. The highest BCUT2D eigenvalue weighted by Crippen LogP contribution is 2.27. The summed E-state index contributed by atoms with van der Waals surface area (Å²) >= 11 is 0. The zero-order chi connectivity index (χ0) is 21.5. The Morgan fingerprint density at radius 3 is 2.90 bits per heavy atom. The van der Waals surface area contributed by atoms with Crippen molar-refractivity contribution in [2.75, 3.05) is 18.4 Å². The van der Waals surface area contributed by atoms with E-state index in [1.54, 1.807) is 6.20 Å². The zero-order valence-corrected chi connectivity index (χ0v) is 18.5. The first-order valence-electron chi connectivity index (χ1n) is 10.9. The Balaban J connectivity index is 1.60. The molecule has 0 saturated carbocycles. The molecule has 1 aromatic heterocycles. The SMILES string of the molecule is CCCC(C)Oc1cccc(C=C2CCN(C(=O)Nc3ccc(C)nc3)CC2C)c1. The smallest absolute Gasteiger partial charge is 0.321 e. The standard InChI is InChI=1S/C25H33N3O2/c1-5-7-20(4)30-24-9-6-8-21(15-24)14-22-12-13-28(17-18(22)2)25(29)27-23-11-10-19(3)26-16-23/h6,8-11,14-16,18,20H,5,7,12-13,17H2,1-4H3,(H,27,29). The van der Waals surface area contributed by atoms with Gasteiger partial charge in [-0.05, 0) is 62.4 Å². The lowest BCUT2D eigenvalue weighted by atomic mass is 9.91. The molecular weight excluding hydrogens is 374 g/mol. The Hall–Kier alpha value is -2.82. The average Bonchev–Trinajstić information content (AvgIpc) is 2.71. The van der Waals surface area contributed by atoms with Crippen molar-refractivity contribution in [2.45, 2.75) is 53.1 Å². The lowest BCUT2D eigenvalue weighted by molar-refractivity contribution is 0.198. The number of nitrogens with zero attached hydrogens (tertiary/aromatic N) is 2. The van der Waals surface area contributed by atoms with Gasteiger partial charge in [0.2, 0.25) is 0 Å².